The van der Waals surface area contributed by atoms with Crippen LogP contribution in [0.2, 0.25) is 0 Å². The summed E-state index contributed by atoms with van der Waals surface area (Å²) in [5.74, 6) is 0.124. The topological polar surface area (TPSA) is 109 Å². The minimum Gasteiger partial charge on any atom is -0.478 e. The van der Waals surface area contributed by atoms with E-state index in [1.807, 2.05) is 59.5 Å². The molecule has 202 valence electrons. The third kappa shape index (κ3) is 6.71. The summed E-state index contributed by atoms with van der Waals surface area (Å²) in [6.45, 7) is 1.53. The molecule has 0 radical (unpaired) electrons. The molecular formula is C32H29N3O5. The zero-order chi connectivity index (χ0) is 27.9. The number of ether oxygens (including phenoxy) is 1. The molecule has 2 heterocycles. The van der Waals surface area contributed by atoms with E-state index in [0.29, 0.717) is 23.1 Å². The van der Waals surface area contributed by atoms with E-state index < -0.39 is 5.97 Å². The Balaban J connectivity index is 1.10. The number of likely N-dealkylation sites (tertiary alicyclic amines) is 1. The molecule has 0 spiro atoms. The highest BCUT2D eigenvalue weighted by molar-refractivity contribution is 6.01. The number of carboxylic acid groups (broad SMARTS) is 1. The molecule has 2 N–H and O–H groups in total. The third-order valence-corrected chi connectivity index (χ3v) is 6.86. The van der Waals surface area contributed by atoms with Crippen LogP contribution in [-0.2, 0) is 17.6 Å². The quantitative estimate of drug-likeness (QED) is 0.295. The summed E-state index contributed by atoms with van der Waals surface area (Å²) in [5.41, 5.74) is 2.87. The maximum Gasteiger partial charge on any atom is 0.337 e. The molecule has 3 aromatic carbocycles. The second-order valence-corrected chi connectivity index (χ2v) is 9.80. The van der Waals surface area contributed by atoms with Gasteiger partial charge in [-0.15, -0.1) is 0 Å². The highest BCUT2D eigenvalue weighted by Gasteiger charge is 2.27. The van der Waals surface area contributed by atoms with Crippen LogP contribution in [0.3, 0.4) is 0 Å². The molecule has 0 aliphatic carbocycles. The summed E-state index contributed by atoms with van der Waals surface area (Å²) < 4.78 is 5.87. The number of aromatic nitrogens is 1. The number of anilines is 1. The number of carbonyl (C=O) groups is 3. The SMILES string of the molecule is O=C(Cc1ccc(Oc2ccc(CC3CCN(C(=O)c4ccccc4)C3)cc2)nc1)Nc1ccccc1C(=O)O. The van der Waals surface area contributed by atoms with Crippen LogP contribution in [0.5, 0.6) is 11.6 Å². The van der Waals surface area contributed by atoms with Crippen LogP contribution in [-0.4, -0.2) is 45.9 Å². The maximum atomic E-state index is 12.7. The number of nitrogens with one attached hydrogen (secondary N) is 1. The van der Waals surface area contributed by atoms with Gasteiger partial charge in [-0.1, -0.05) is 48.5 Å². The zero-order valence-electron chi connectivity index (χ0n) is 21.8. The van der Waals surface area contributed by atoms with Gasteiger partial charge in [0.25, 0.3) is 5.91 Å². The van der Waals surface area contributed by atoms with Crippen LogP contribution in [0, 0.1) is 5.92 Å². The Bertz CT molecular complexity index is 1490. The lowest BCUT2D eigenvalue weighted by atomic mass is 9.99. The standard InChI is InChI=1S/C32H29N3O5/c36-29(34-28-9-5-4-8-27(28)32(38)39)19-23-12-15-30(33-20-23)40-26-13-10-22(11-14-26)18-24-16-17-35(21-24)31(37)25-6-2-1-3-7-25/h1-15,20,24H,16-19,21H2,(H,34,36)(H,38,39). The Kier molecular flexibility index (Phi) is 8.15. The summed E-state index contributed by atoms with van der Waals surface area (Å²) in [7, 11) is 0. The Morgan fingerprint density at radius 3 is 2.35 bits per heavy atom. The number of hydrogen-bond acceptors (Lipinski definition) is 5. The van der Waals surface area contributed by atoms with E-state index in [4.69, 9.17) is 4.74 Å². The molecule has 1 aromatic heterocycles. The number of pyridine rings is 1. The van der Waals surface area contributed by atoms with Crippen LogP contribution >= 0.6 is 0 Å². The van der Waals surface area contributed by atoms with Crippen LogP contribution in [0.15, 0.2) is 97.2 Å². The summed E-state index contributed by atoms with van der Waals surface area (Å²) in [6, 6.07) is 27.0. The highest BCUT2D eigenvalue weighted by atomic mass is 16.5. The minimum atomic E-state index is -1.10. The van der Waals surface area contributed by atoms with Gasteiger partial charge >= 0.3 is 5.97 Å². The van der Waals surface area contributed by atoms with E-state index in [1.165, 1.54) is 11.6 Å². The summed E-state index contributed by atoms with van der Waals surface area (Å²) in [6.07, 6.45) is 3.49. The Morgan fingerprint density at radius 1 is 0.900 bits per heavy atom. The minimum absolute atomic E-state index is 0.0344. The van der Waals surface area contributed by atoms with E-state index in [0.717, 1.165) is 31.5 Å². The van der Waals surface area contributed by atoms with Crippen LogP contribution in [0.4, 0.5) is 5.69 Å². The van der Waals surface area contributed by atoms with E-state index in [9.17, 15) is 19.5 Å². The second kappa shape index (κ2) is 12.3. The number of nitrogens with zero attached hydrogens (tertiary/aromatic N) is 2. The first-order chi connectivity index (χ1) is 19.4. The number of aromatic carboxylic acids is 1. The number of benzene rings is 3. The summed E-state index contributed by atoms with van der Waals surface area (Å²) >= 11 is 0. The number of para-hydroxylation sites is 1. The normalized spacial score (nSPS) is 14.5. The molecule has 1 aliphatic heterocycles. The lowest BCUT2D eigenvalue weighted by molar-refractivity contribution is -0.115. The van der Waals surface area contributed by atoms with Crippen molar-refractivity contribution in [2.45, 2.75) is 19.3 Å². The van der Waals surface area contributed by atoms with Gasteiger partial charge in [0.2, 0.25) is 11.8 Å². The zero-order valence-corrected chi connectivity index (χ0v) is 21.8. The van der Waals surface area contributed by atoms with Crippen molar-refractivity contribution >= 4 is 23.5 Å². The molecule has 1 fully saturated rings. The number of hydrogen-bond donors (Lipinski definition) is 2. The molecule has 1 unspecified atom stereocenters. The number of rotatable bonds is 9. The fourth-order valence-electron chi connectivity index (χ4n) is 4.83. The largest absolute Gasteiger partial charge is 0.478 e. The number of carboxylic acids is 1. The van der Waals surface area contributed by atoms with Crippen molar-refractivity contribution in [2.75, 3.05) is 18.4 Å². The molecule has 40 heavy (non-hydrogen) atoms. The van der Waals surface area contributed by atoms with E-state index in [-0.39, 0.29) is 29.5 Å². The van der Waals surface area contributed by atoms with Crippen LogP contribution in [0.25, 0.3) is 0 Å². The van der Waals surface area contributed by atoms with Crippen molar-refractivity contribution in [1.29, 1.82) is 0 Å². The monoisotopic (exact) mass is 535 g/mol. The van der Waals surface area contributed by atoms with Gasteiger partial charge in [0.05, 0.1) is 17.7 Å². The van der Waals surface area contributed by atoms with Crippen LogP contribution < -0.4 is 10.1 Å². The van der Waals surface area contributed by atoms with Gasteiger partial charge in [0, 0.05) is 30.9 Å². The van der Waals surface area contributed by atoms with Crippen molar-refractivity contribution in [1.82, 2.24) is 9.88 Å². The fourth-order valence-corrected chi connectivity index (χ4v) is 4.83. The molecule has 4 aromatic rings. The lowest BCUT2D eigenvalue weighted by Crippen LogP contribution is -2.28. The smallest absolute Gasteiger partial charge is 0.337 e. The average molecular weight is 536 g/mol. The van der Waals surface area contributed by atoms with Crippen LogP contribution in [0.1, 0.15) is 38.3 Å². The van der Waals surface area contributed by atoms with Gasteiger partial charge in [-0.2, -0.15) is 0 Å². The van der Waals surface area contributed by atoms with Crippen molar-refractivity contribution in [3.05, 3.63) is 119 Å². The molecule has 2 amide bonds. The predicted molar refractivity (Wildman–Crippen MR) is 151 cm³/mol. The molecule has 0 saturated carbocycles. The van der Waals surface area contributed by atoms with Gasteiger partial charge in [0.15, 0.2) is 0 Å². The molecule has 0 bridgehead atoms. The van der Waals surface area contributed by atoms with Crippen molar-refractivity contribution in [2.24, 2.45) is 5.92 Å². The molecule has 1 aliphatic rings. The lowest BCUT2D eigenvalue weighted by Gasteiger charge is -2.16. The predicted octanol–water partition coefficient (Wildman–Crippen LogP) is 5.46. The number of amides is 2. The Morgan fingerprint density at radius 2 is 1.62 bits per heavy atom. The van der Waals surface area contributed by atoms with E-state index >= 15 is 0 Å². The Labute approximate surface area is 232 Å². The molecule has 1 atom stereocenters. The van der Waals surface area contributed by atoms with Crippen molar-refractivity contribution in [3.63, 3.8) is 0 Å². The Hall–Kier alpha value is -4.98. The first kappa shape index (κ1) is 26.6. The molecule has 1 saturated heterocycles. The third-order valence-electron chi connectivity index (χ3n) is 6.86. The fraction of sp³-hybridized carbons (Fsp3) is 0.188. The summed E-state index contributed by atoms with van der Waals surface area (Å²) in [5, 5.41) is 11.9. The van der Waals surface area contributed by atoms with Gasteiger partial charge in [0.1, 0.15) is 5.75 Å². The highest BCUT2D eigenvalue weighted by Crippen LogP contribution is 2.25. The summed E-state index contributed by atoms with van der Waals surface area (Å²) in [4.78, 5) is 42.7. The maximum absolute atomic E-state index is 12.7. The van der Waals surface area contributed by atoms with E-state index in [1.54, 1.807) is 36.5 Å². The first-order valence-corrected chi connectivity index (χ1v) is 13.1. The van der Waals surface area contributed by atoms with E-state index in [2.05, 4.69) is 10.3 Å². The molecule has 5 rings (SSSR count). The molecular weight excluding hydrogens is 506 g/mol. The number of carbonyl (C=O) groups excluding carboxylic acids is 2. The average Bonchev–Trinajstić information content (AvgIpc) is 3.44. The molecule has 8 nitrogen and oxygen atoms in total. The second-order valence-electron chi connectivity index (χ2n) is 9.80. The first-order valence-electron chi connectivity index (χ1n) is 13.1. The van der Waals surface area contributed by atoms with Gasteiger partial charge < -0.3 is 20.1 Å². The van der Waals surface area contributed by atoms with Gasteiger partial charge in [-0.05, 0) is 66.3 Å². The van der Waals surface area contributed by atoms with Crippen molar-refractivity contribution < 1.29 is 24.2 Å². The molecule has 8 heteroatoms. The van der Waals surface area contributed by atoms with Gasteiger partial charge in [-0.25, -0.2) is 9.78 Å². The van der Waals surface area contributed by atoms with Gasteiger partial charge in [-0.3, -0.25) is 9.59 Å². The van der Waals surface area contributed by atoms with Crippen molar-refractivity contribution in [3.8, 4) is 11.6 Å².